The van der Waals surface area contributed by atoms with Gasteiger partial charge in [-0.15, -0.1) is 0 Å². The highest BCUT2D eigenvalue weighted by Crippen LogP contribution is 2.13. The number of ether oxygens (including phenoxy) is 1. The first-order valence-electron chi connectivity index (χ1n) is 9.98. The summed E-state index contributed by atoms with van der Waals surface area (Å²) < 4.78 is 32.5. The van der Waals surface area contributed by atoms with E-state index in [1.165, 1.54) is 84.2 Å². The van der Waals surface area contributed by atoms with E-state index < -0.39 is 10.1 Å². The first kappa shape index (κ1) is 23.9. The van der Waals surface area contributed by atoms with Crippen molar-refractivity contribution >= 4 is 10.1 Å². The van der Waals surface area contributed by atoms with Crippen LogP contribution in [0.3, 0.4) is 0 Å². The Kier molecular flexibility index (Phi) is 17.6. The monoisotopic (exact) mass is 364 g/mol. The molecule has 0 aromatic carbocycles. The van der Waals surface area contributed by atoms with Crippen LogP contribution in [-0.4, -0.2) is 34.5 Å². The lowest BCUT2D eigenvalue weighted by Gasteiger charge is -2.05. The van der Waals surface area contributed by atoms with Gasteiger partial charge in [-0.3, -0.25) is 4.18 Å². The highest BCUT2D eigenvalue weighted by atomic mass is 32.2. The molecule has 0 heterocycles. The standard InChI is InChI=1S/C19H40O4S/c1-3-4-5-6-7-8-9-10-11-12-13-14-15-16-17-23-24(20,21)19-18-22-2/h3-19H2,1-2H3. The van der Waals surface area contributed by atoms with E-state index in [4.69, 9.17) is 8.92 Å². The zero-order valence-corrected chi connectivity index (χ0v) is 16.9. The molecule has 0 rings (SSSR count). The van der Waals surface area contributed by atoms with Crippen molar-refractivity contribution in [2.75, 3.05) is 26.1 Å². The van der Waals surface area contributed by atoms with Crippen molar-refractivity contribution in [3.05, 3.63) is 0 Å². The molecule has 24 heavy (non-hydrogen) atoms. The Labute approximate surface area is 150 Å². The second-order valence-electron chi connectivity index (χ2n) is 6.67. The molecule has 0 N–H and O–H groups in total. The van der Waals surface area contributed by atoms with Crippen LogP contribution in [-0.2, 0) is 19.0 Å². The van der Waals surface area contributed by atoms with Crippen LogP contribution < -0.4 is 0 Å². The van der Waals surface area contributed by atoms with Gasteiger partial charge in [0.2, 0.25) is 0 Å². The maximum absolute atomic E-state index is 11.4. The van der Waals surface area contributed by atoms with Crippen molar-refractivity contribution in [3.63, 3.8) is 0 Å². The van der Waals surface area contributed by atoms with E-state index in [1.807, 2.05) is 0 Å². The van der Waals surface area contributed by atoms with Gasteiger partial charge in [-0.1, -0.05) is 90.4 Å². The second-order valence-corrected chi connectivity index (χ2v) is 8.43. The predicted octanol–water partition coefficient (Wildman–Crippen LogP) is 5.46. The molecule has 0 spiro atoms. The lowest BCUT2D eigenvalue weighted by atomic mass is 10.0. The van der Waals surface area contributed by atoms with Crippen LogP contribution in [0.5, 0.6) is 0 Å². The highest BCUT2D eigenvalue weighted by molar-refractivity contribution is 7.86. The van der Waals surface area contributed by atoms with Gasteiger partial charge in [0.05, 0.1) is 19.0 Å². The number of methoxy groups -OCH3 is 1. The van der Waals surface area contributed by atoms with Gasteiger partial charge in [-0.2, -0.15) is 8.42 Å². The third-order valence-corrected chi connectivity index (χ3v) is 5.49. The van der Waals surface area contributed by atoms with Gasteiger partial charge in [0.25, 0.3) is 10.1 Å². The van der Waals surface area contributed by atoms with Crippen LogP contribution in [0.2, 0.25) is 0 Å². The minimum Gasteiger partial charge on any atom is -0.384 e. The van der Waals surface area contributed by atoms with Gasteiger partial charge < -0.3 is 4.74 Å². The van der Waals surface area contributed by atoms with Crippen LogP contribution in [0, 0.1) is 0 Å². The SMILES string of the molecule is CCCCCCCCCCCCCCCCOS(=O)(=O)CCOC. The Hall–Kier alpha value is -0.130. The van der Waals surface area contributed by atoms with Crippen molar-refractivity contribution in [1.82, 2.24) is 0 Å². The molecule has 4 nitrogen and oxygen atoms in total. The summed E-state index contributed by atoms with van der Waals surface area (Å²) in [7, 11) is -1.90. The van der Waals surface area contributed by atoms with Gasteiger partial charge in [0.15, 0.2) is 0 Å². The Morgan fingerprint density at radius 1 is 0.625 bits per heavy atom. The summed E-state index contributed by atoms with van der Waals surface area (Å²) in [6, 6.07) is 0. The zero-order valence-electron chi connectivity index (χ0n) is 16.1. The number of hydrogen-bond acceptors (Lipinski definition) is 4. The summed E-state index contributed by atoms with van der Waals surface area (Å²) in [5.74, 6) is -0.0535. The van der Waals surface area contributed by atoms with Crippen molar-refractivity contribution in [1.29, 1.82) is 0 Å². The van der Waals surface area contributed by atoms with Crippen molar-refractivity contribution < 1.29 is 17.3 Å². The average molecular weight is 365 g/mol. The average Bonchev–Trinajstić information content (AvgIpc) is 2.56. The molecule has 0 aliphatic rings. The molecular formula is C19H40O4S. The molecule has 0 saturated heterocycles. The number of rotatable bonds is 19. The van der Waals surface area contributed by atoms with Crippen molar-refractivity contribution in [2.45, 2.75) is 96.8 Å². The Morgan fingerprint density at radius 2 is 1.04 bits per heavy atom. The zero-order chi connectivity index (χ0) is 17.9. The Morgan fingerprint density at radius 3 is 1.46 bits per heavy atom. The third kappa shape index (κ3) is 18.2. The van der Waals surface area contributed by atoms with E-state index in [0.717, 1.165) is 12.8 Å². The normalized spacial score (nSPS) is 11.9. The van der Waals surface area contributed by atoms with Crippen LogP contribution in [0.15, 0.2) is 0 Å². The lowest BCUT2D eigenvalue weighted by Crippen LogP contribution is -2.15. The fourth-order valence-corrected chi connectivity index (χ4v) is 3.59. The molecular weight excluding hydrogens is 324 g/mol. The van der Waals surface area contributed by atoms with Gasteiger partial charge in [0.1, 0.15) is 0 Å². The first-order chi connectivity index (χ1) is 11.6. The van der Waals surface area contributed by atoms with Gasteiger partial charge in [-0.05, 0) is 6.42 Å². The molecule has 0 amide bonds. The van der Waals surface area contributed by atoms with E-state index in [9.17, 15) is 8.42 Å². The summed E-state index contributed by atoms with van der Waals surface area (Å²) >= 11 is 0. The summed E-state index contributed by atoms with van der Waals surface area (Å²) in [6.07, 6.45) is 18.1. The summed E-state index contributed by atoms with van der Waals surface area (Å²) in [4.78, 5) is 0. The van der Waals surface area contributed by atoms with Crippen molar-refractivity contribution in [2.24, 2.45) is 0 Å². The molecule has 0 bridgehead atoms. The fourth-order valence-electron chi connectivity index (χ4n) is 2.73. The van der Waals surface area contributed by atoms with Crippen LogP contribution in [0.25, 0.3) is 0 Å². The van der Waals surface area contributed by atoms with Gasteiger partial charge in [0, 0.05) is 7.11 Å². The molecule has 0 unspecified atom stereocenters. The minimum atomic E-state index is -3.39. The minimum absolute atomic E-state index is 0.0535. The van der Waals surface area contributed by atoms with Crippen LogP contribution >= 0.6 is 0 Å². The highest BCUT2D eigenvalue weighted by Gasteiger charge is 2.09. The molecule has 0 radical (unpaired) electrons. The maximum Gasteiger partial charge on any atom is 0.269 e. The van der Waals surface area contributed by atoms with Gasteiger partial charge >= 0.3 is 0 Å². The lowest BCUT2D eigenvalue weighted by molar-refractivity contribution is 0.211. The van der Waals surface area contributed by atoms with Crippen LogP contribution in [0.1, 0.15) is 96.8 Å². The molecule has 5 heteroatoms. The van der Waals surface area contributed by atoms with E-state index in [2.05, 4.69) is 6.92 Å². The quantitative estimate of drug-likeness (QED) is 0.225. The predicted molar refractivity (Wildman–Crippen MR) is 102 cm³/mol. The molecule has 0 aromatic rings. The Bertz CT molecular complexity index is 341. The topological polar surface area (TPSA) is 52.6 Å². The number of hydrogen-bond donors (Lipinski definition) is 0. The molecule has 0 fully saturated rings. The fraction of sp³-hybridized carbons (Fsp3) is 1.00. The molecule has 0 aliphatic heterocycles. The molecule has 0 saturated carbocycles. The summed E-state index contributed by atoms with van der Waals surface area (Å²) in [5.41, 5.74) is 0. The third-order valence-electron chi connectivity index (χ3n) is 4.30. The first-order valence-corrected chi connectivity index (χ1v) is 11.6. The molecule has 146 valence electrons. The molecule has 0 aliphatic carbocycles. The number of unbranched alkanes of at least 4 members (excludes halogenated alkanes) is 13. The maximum atomic E-state index is 11.4. The van der Waals surface area contributed by atoms with Gasteiger partial charge in [-0.25, -0.2) is 0 Å². The Balaban J connectivity index is 3.18. The van der Waals surface area contributed by atoms with Crippen molar-refractivity contribution in [3.8, 4) is 0 Å². The summed E-state index contributed by atoms with van der Waals surface area (Å²) in [6.45, 7) is 2.77. The van der Waals surface area contributed by atoms with Crippen LogP contribution in [0.4, 0.5) is 0 Å². The van der Waals surface area contributed by atoms with E-state index >= 15 is 0 Å². The molecule has 0 atom stereocenters. The van der Waals surface area contributed by atoms with E-state index in [0.29, 0.717) is 6.61 Å². The smallest absolute Gasteiger partial charge is 0.269 e. The summed E-state index contributed by atoms with van der Waals surface area (Å²) in [5, 5.41) is 0. The second kappa shape index (κ2) is 17.7. The largest absolute Gasteiger partial charge is 0.384 e. The molecule has 0 aromatic heterocycles. The van der Waals surface area contributed by atoms with E-state index in [1.54, 1.807) is 0 Å². The van der Waals surface area contributed by atoms with E-state index in [-0.39, 0.29) is 12.4 Å².